The van der Waals surface area contributed by atoms with E-state index >= 15 is 0 Å². The molecule has 0 saturated heterocycles. The van der Waals surface area contributed by atoms with Gasteiger partial charge in [0.1, 0.15) is 0 Å². The lowest BCUT2D eigenvalue weighted by molar-refractivity contribution is 0.0939. The van der Waals surface area contributed by atoms with E-state index < -0.39 is 47.8 Å². The van der Waals surface area contributed by atoms with E-state index in [-0.39, 0.29) is 85.8 Å². The summed E-state index contributed by atoms with van der Waals surface area (Å²) in [6, 6.07) is 64.3. The molecule has 8 aromatic carbocycles. The Labute approximate surface area is 782 Å². The molecular formula is C92H85Cl8N13O12S3. The van der Waals surface area contributed by atoms with Crippen LogP contribution in [0.2, 0.25) is 40.2 Å². The number of nitrogens with one attached hydrogen (secondary N) is 5. The standard InChI is InChI=1S/C25H22Cl2N4O3S.C23H23Cl2N3O3S.C22H21Cl2N3O4S.C22H19Cl2N3O2/c1-35(33,34)31(15-14-30-12-4-5-13-30)19-8-9-20(23(27)17-19)25(32)29-18-7-10-22(26)21(16-18)24-6-2-3-11-28-24;1-15(2)14-28(32(3,30)31)17-8-9-18(21(25)13-17)23(29)27-16-7-10-20(24)19(12-16)22-6-4-5-11-26-22;1-31-12-11-27(32(2,29)30)16-7-8-17(20(24)14-16)22(28)26-15-6-9-19(23)18(13-15)21-5-3-4-10-25-21;1-13(2)26-21(28)14-6-8-16(19(24)11-14)22(29)27-15-7-9-18(23)17(12-15)20-5-3-4-10-25-20/h2-13,16-17H,14-15H2,1H3,(H,29,32);4-13,15H,14H2,1-3H3,(H,27,29);3-10,13-14H,11-12H2,1-2H3,(H,26,28);3-13H,1-2H3,(H,26,28)(H,27,29). The zero-order valence-corrected chi connectivity index (χ0v) is 78.3. The molecule has 0 radical (unpaired) electrons. The number of amides is 5. The first-order chi connectivity index (χ1) is 60.8. The minimum Gasteiger partial charge on any atom is -0.383 e. The highest BCUT2D eigenvalue weighted by molar-refractivity contribution is 7.92. The molecule has 0 atom stereocenters. The Morgan fingerprint density at radius 3 is 0.938 bits per heavy atom. The number of methoxy groups -OCH3 is 1. The van der Waals surface area contributed by atoms with Crippen molar-refractivity contribution in [3.8, 4) is 45.0 Å². The Morgan fingerprint density at radius 2 is 0.664 bits per heavy atom. The quantitative estimate of drug-likeness (QED) is 0.0304. The fourth-order valence-corrected chi connectivity index (χ4v) is 17.2. The molecule has 5 aromatic heterocycles. The van der Waals surface area contributed by atoms with Gasteiger partial charge in [0.15, 0.2) is 0 Å². The van der Waals surface area contributed by atoms with Crippen molar-refractivity contribution in [3.05, 3.63) is 336 Å². The van der Waals surface area contributed by atoms with E-state index in [1.165, 1.54) is 74.6 Å². The molecule has 0 aliphatic rings. The minimum absolute atomic E-state index is 0.00227. The molecule has 0 bridgehead atoms. The molecule has 0 spiro atoms. The van der Waals surface area contributed by atoms with Gasteiger partial charge in [0.05, 0.1) is 141 Å². The van der Waals surface area contributed by atoms with Crippen molar-refractivity contribution in [2.24, 2.45) is 5.92 Å². The van der Waals surface area contributed by atoms with Gasteiger partial charge in [-0.2, -0.15) is 0 Å². The van der Waals surface area contributed by atoms with Crippen LogP contribution in [0.15, 0.2) is 268 Å². The zero-order chi connectivity index (χ0) is 92.7. The molecule has 25 nitrogen and oxygen atoms in total. The van der Waals surface area contributed by atoms with Crippen LogP contribution < -0.4 is 39.5 Å². The monoisotopic (exact) mass is 1940 g/mol. The second-order valence-electron chi connectivity index (χ2n) is 29.0. The summed E-state index contributed by atoms with van der Waals surface area (Å²) in [7, 11) is -9.12. The fourth-order valence-electron chi connectivity index (χ4n) is 12.4. The van der Waals surface area contributed by atoms with Gasteiger partial charge in [-0.3, -0.25) is 56.8 Å². The summed E-state index contributed by atoms with van der Waals surface area (Å²) in [5.41, 5.74) is 10.0. The first-order valence-electron chi connectivity index (χ1n) is 38.9. The Hall–Kier alpha value is -11.5. The number of benzene rings is 8. The van der Waals surface area contributed by atoms with Crippen LogP contribution in [0, 0.1) is 5.92 Å². The van der Waals surface area contributed by atoms with Crippen LogP contribution in [0.25, 0.3) is 45.0 Å². The van der Waals surface area contributed by atoms with Gasteiger partial charge in [-0.15, -0.1) is 0 Å². The molecule has 5 amide bonds. The zero-order valence-electron chi connectivity index (χ0n) is 69.8. The predicted molar refractivity (Wildman–Crippen MR) is 517 cm³/mol. The number of hydrogen-bond donors (Lipinski definition) is 5. The lowest BCUT2D eigenvalue weighted by atomic mass is 10.1. The van der Waals surface area contributed by atoms with Crippen LogP contribution >= 0.6 is 92.8 Å². The molecule has 0 aliphatic heterocycles. The van der Waals surface area contributed by atoms with Crippen molar-refractivity contribution in [1.82, 2.24) is 29.8 Å². The second-order valence-corrected chi connectivity index (χ2v) is 38.0. The van der Waals surface area contributed by atoms with Crippen LogP contribution in [-0.4, -0.2) is 137 Å². The summed E-state index contributed by atoms with van der Waals surface area (Å²) >= 11 is 50.6. The van der Waals surface area contributed by atoms with Gasteiger partial charge >= 0.3 is 0 Å². The van der Waals surface area contributed by atoms with Gasteiger partial charge < -0.3 is 35.9 Å². The molecule has 0 fully saturated rings. The summed E-state index contributed by atoms with van der Waals surface area (Å²) in [4.78, 5) is 80.6. The third-order valence-electron chi connectivity index (χ3n) is 18.5. The maximum Gasteiger partial charge on any atom is 0.257 e. The van der Waals surface area contributed by atoms with Crippen molar-refractivity contribution in [1.29, 1.82) is 0 Å². The number of nitrogens with zero attached hydrogens (tertiary/aromatic N) is 8. The van der Waals surface area contributed by atoms with Crippen LogP contribution in [-0.2, 0) is 41.4 Å². The number of halogens is 8. The van der Waals surface area contributed by atoms with Crippen LogP contribution in [0.5, 0.6) is 0 Å². The largest absolute Gasteiger partial charge is 0.383 e. The van der Waals surface area contributed by atoms with Crippen LogP contribution in [0.4, 0.5) is 39.8 Å². The second kappa shape index (κ2) is 45.5. The van der Waals surface area contributed by atoms with E-state index in [1.54, 1.807) is 134 Å². The Bertz CT molecular complexity index is 6510. The molecule has 13 rings (SSSR count). The first kappa shape index (κ1) is 98.7. The normalized spacial score (nSPS) is 11.2. The first-order valence-corrected chi connectivity index (χ1v) is 47.5. The summed E-state index contributed by atoms with van der Waals surface area (Å²) in [5, 5.41) is 16.6. The van der Waals surface area contributed by atoms with E-state index in [0.717, 1.165) is 18.8 Å². The number of sulfonamides is 3. The van der Waals surface area contributed by atoms with Gasteiger partial charge in [-0.1, -0.05) is 131 Å². The van der Waals surface area contributed by atoms with Gasteiger partial charge in [0.25, 0.3) is 29.5 Å². The van der Waals surface area contributed by atoms with Gasteiger partial charge in [-0.25, -0.2) is 25.3 Å². The number of anilines is 7. The highest BCUT2D eigenvalue weighted by atomic mass is 35.5. The fraction of sp³-hybridized carbons (Fsp3) is 0.163. The molecule has 128 heavy (non-hydrogen) atoms. The van der Waals surface area contributed by atoms with Crippen molar-refractivity contribution < 1.29 is 54.0 Å². The lowest BCUT2D eigenvalue weighted by Gasteiger charge is -2.24. The van der Waals surface area contributed by atoms with Crippen molar-refractivity contribution in [2.45, 2.75) is 40.3 Å². The van der Waals surface area contributed by atoms with Gasteiger partial charge in [-0.05, 0) is 226 Å². The topological polar surface area (TPSA) is 323 Å². The summed E-state index contributed by atoms with van der Waals surface area (Å²) in [5.74, 6) is -1.82. The highest BCUT2D eigenvalue weighted by Crippen LogP contribution is 2.37. The SMILES string of the molecule is CC(C)CN(c1ccc(C(=O)Nc2ccc(Cl)c(-c3ccccn3)c2)c(Cl)c1)S(C)(=O)=O.CC(C)NC(=O)c1ccc(C(=O)Nc2ccc(Cl)c(-c3ccccn3)c2)c(Cl)c1.COCCN(c1ccc(C(=O)Nc2ccc(Cl)c(-c3ccccn3)c2)c(Cl)c1)S(C)(=O)=O.CS(=O)(=O)N(CCn1cccc1)c1ccc(C(=O)Nc2ccc(Cl)c(-c3ccccn3)c2)c(Cl)c1. The van der Waals surface area contributed by atoms with Gasteiger partial charge in [0, 0.05) is 114 Å². The maximum atomic E-state index is 12.9. The average molecular weight is 1940 g/mol. The van der Waals surface area contributed by atoms with Gasteiger partial charge in [0.2, 0.25) is 30.1 Å². The van der Waals surface area contributed by atoms with Crippen LogP contribution in [0.1, 0.15) is 79.5 Å². The van der Waals surface area contributed by atoms with E-state index in [9.17, 15) is 49.2 Å². The van der Waals surface area contributed by atoms with E-state index in [1.807, 2.05) is 111 Å². The van der Waals surface area contributed by atoms with Crippen molar-refractivity contribution in [3.63, 3.8) is 0 Å². The third-order valence-corrected chi connectivity index (χ3v) is 24.6. The Morgan fingerprint density at radius 1 is 0.359 bits per heavy atom. The summed E-state index contributed by atoms with van der Waals surface area (Å²) < 4.78 is 84.1. The number of ether oxygens (including phenoxy) is 1. The molecule has 5 heterocycles. The summed E-state index contributed by atoms with van der Waals surface area (Å²) in [6.07, 6.45) is 13.7. The predicted octanol–water partition coefficient (Wildman–Crippen LogP) is 21.5. The molecule has 0 aliphatic carbocycles. The number of carbonyl (C=O) groups excluding carboxylic acids is 5. The van der Waals surface area contributed by atoms with Crippen molar-refractivity contribution in [2.75, 3.05) is 86.3 Å². The highest BCUT2D eigenvalue weighted by Gasteiger charge is 2.26. The molecule has 5 N–H and O–H groups in total. The lowest BCUT2D eigenvalue weighted by Crippen LogP contribution is -2.33. The third kappa shape index (κ3) is 27.8. The number of aromatic nitrogens is 5. The summed E-state index contributed by atoms with van der Waals surface area (Å²) in [6.45, 7) is 8.91. The molecule has 664 valence electrons. The smallest absolute Gasteiger partial charge is 0.257 e. The number of rotatable bonds is 28. The number of pyridine rings is 4. The molecule has 36 heteroatoms. The maximum absolute atomic E-state index is 12.9. The Kier molecular flexibility index (Phi) is 35.1. The molecule has 0 saturated carbocycles. The number of carbonyl (C=O) groups is 5. The molecular weight excluding hydrogens is 1860 g/mol. The molecule has 0 unspecified atom stereocenters. The Balaban J connectivity index is 0.000000178. The van der Waals surface area contributed by atoms with Crippen LogP contribution in [0.3, 0.4) is 0 Å². The molecule has 13 aromatic rings. The average Bonchev–Trinajstić information content (AvgIpc) is 0.854. The van der Waals surface area contributed by atoms with E-state index in [2.05, 4.69) is 46.5 Å². The van der Waals surface area contributed by atoms with E-state index in [0.29, 0.717) is 124 Å². The van der Waals surface area contributed by atoms with Crippen molar-refractivity contribution >= 4 is 192 Å². The van der Waals surface area contributed by atoms with E-state index in [4.69, 9.17) is 97.5 Å². The number of hydrogen-bond acceptors (Lipinski definition) is 16. The minimum atomic E-state index is -3.56.